The first-order chi connectivity index (χ1) is 34.7. The van der Waals surface area contributed by atoms with E-state index in [1.807, 2.05) is 18.2 Å². The van der Waals surface area contributed by atoms with E-state index < -0.39 is 0 Å². The fourth-order valence-corrected chi connectivity index (χ4v) is 11.1. The van der Waals surface area contributed by atoms with Crippen LogP contribution in [0.2, 0.25) is 0 Å². The molecule has 15 aromatic rings. The zero-order chi connectivity index (χ0) is 45.9. The van der Waals surface area contributed by atoms with Gasteiger partial charge in [-0.1, -0.05) is 170 Å². The highest BCUT2D eigenvalue weighted by molar-refractivity contribution is 6.26. The molecule has 0 aliphatic heterocycles. The van der Waals surface area contributed by atoms with Crippen LogP contribution in [0.4, 0.5) is 0 Å². The van der Waals surface area contributed by atoms with Crippen molar-refractivity contribution in [2.24, 2.45) is 0 Å². The molecule has 0 fully saturated rings. The standard InChI is InChI=1S/C65H38N4O/c1-2-15-39(16-3-1)63-66-64(44-29-31-50-48-23-9-8-21-46(48)47-22-10-11-24-49(47)54(50)35-44)68-65(67-63)53-32-30-45(69-58-27-13-12-25-51(58)56-33-40-17-4-6-19-42(40)36-59(56)69)38-55(53)52-26-14-28-60-62(52)57-34-41-18-5-7-20-43(41)37-61(57)70-60/h1-38H. The van der Waals surface area contributed by atoms with Gasteiger partial charge >= 0.3 is 0 Å². The van der Waals surface area contributed by atoms with Gasteiger partial charge in [-0.2, -0.15) is 0 Å². The molecule has 0 spiro atoms. The van der Waals surface area contributed by atoms with Crippen LogP contribution in [0.25, 0.3) is 149 Å². The molecule has 0 N–H and O–H groups in total. The largest absolute Gasteiger partial charge is 0.456 e. The number of hydrogen-bond donors (Lipinski definition) is 0. The molecule has 0 aliphatic carbocycles. The van der Waals surface area contributed by atoms with Crippen LogP contribution in [0, 0.1) is 0 Å². The van der Waals surface area contributed by atoms with E-state index in [-0.39, 0.29) is 0 Å². The molecule has 0 amide bonds. The van der Waals surface area contributed by atoms with Crippen molar-refractivity contribution in [1.29, 1.82) is 0 Å². The Morgan fingerprint density at radius 2 is 0.857 bits per heavy atom. The summed E-state index contributed by atoms with van der Waals surface area (Å²) in [6.45, 7) is 0. The van der Waals surface area contributed by atoms with E-state index in [0.29, 0.717) is 17.5 Å². The lowest BCUT2D eigenvalue weighted by atomic mass is 9.93. The molecule has 0 saturated carbocycles. The van der Waals surface area contributed by atoms with Crippen molar-refractivity contribution in [3.63, 3.8) is 0 Å². The third-order valence-corrected chi connectivity index (χ3v) is 14.4. The molecule has 0 atom stereocenters. The average Bonchev–Trinajstić information content (AvgIpc) is 3.96. The Kier molecular flexibility index (Phi) is 8.29. The number of para-hydroxylation sites is 1. The van der Waals surface area contributed by atoms with Crippen molar-refractivity contribution < 1.29 is 4.42 Å². The molecule has 12 aromatic carbocycles. The maximum atomic E-state index is 6.73. The molecule has 0 unspecified atom stereocenters. The fourth-order valence-electron chi connectivity index (χ4n) is 11.1. The zero-order valence-electron chi connectivity index (χ0n) is 37.6. The van der Waals surface area contributed by atoms with Crippen LogP contribution in [-0.4, -0.2) is 19.5 Å². The van der Waals surface area contributed by atoms with Crippen molar-refractivity contribution in [1.82, 2.24) is 19.5 Å². The van der Waals surface area contributed by atoms with Gasteiger partial charge in [0.05, 0.1) is 11.0 Å². The van der Waals surface area contributed by atoms with Crippen molar-refractivity contribution in [2.45, 2.75) is 0 Å². The Labute approximate surface area is 401 Å². The van der Waals surface area contributed by atoms with Gasteiger partial charge in [0.25, 0.3) is 0 Å². The van der Waals surface area contributed by atoms with E-state index in [0.717, 1.165) is 82.6 Å². The van der Waals surface area contributed by atoms with Gasteiger partial charge in [0, 0.05) is 43.9 Å². The molecule has 0 bridgehead atoms. The van der Waals surface area contributed by atoms with Crippen LogP contribution in [0.5, 0.6) is 0 Å². The smallest absolute Gasteiger partial charge is 0.164 e. The molecule has 5 nitrogen and oxygen atoms in total. The summed E-state index contributed by atoms with van der Waals surface area (Å²) in [5.41, 5.74) is 9.70. The lowest BCUT2D eigenvalue weighted by Crippen LogP contribution is -2.02. The minimum atomic E-state index is 0.581. The number of hydrogen-bond acceptors (Lipinski definition) is 4. The van der Waals surface area contributed by atoms with Crippen LogP contribution >= 0.6 is 0 Å². The third kappa shape index (κ3) is 5.88. The first kappa shape index (κ1) is 38.6. The summed E-state index contributed by atoms with van der Waals surface area (Å²) in [7, 11) is 0. The van der Waals surface area contributed by atoms with Crippen LogP contribution < -0.4 is 0 Å². The maximum absolute atomic E-state index is 6.73. The molecular weight excluding hydrogens is 853 g/mol. The summed E-state index contributed by atoms with van der Waals surface area (Å²) in [5.74, 6) is 1.79. The quantitative estimate of drug-likeness (QED) is 0.162. The molecule has 0 aliphatic rings. The van der Waals surface area contributed by atoms with Gasteiger partial charge in [0.15, 0.2) is 17.5 Å². The second-order valence-electron chi connectivity index (χ2n) is 18.3. The Balaban J connectivity index is 1.02. The highest BCUT2D eigenvalue weighted by Gasteiger charge is 2.23. The monoisotopic (exact) mass is 890 g/mol. The predicted octanol–water partition coefficient (Wildman–Crippen LogP) is 17.3. The molecular formula is C65H38N4O. The molecule has 3 aromatic heterocycles. The van der Waals surface area contributed by atoms with Gasteiger partial charge in [0.2, 0.25) is 0 Å². The number of fused-ring (bicyclic) bond motifs is 14. The van der Waals surface area contributed by atoms with Crippen molar-refractivity contribution >= 4 is 97.6 Å². The minimum Gasteiger partial charge on any atom is -0.456 e. The van der Waals surface area contributed by atoms with Gasteiger partial charge in [-0.25, -0.2) is 15.0 Å². The van der Waals surface area contributed by atoms with Crippen molar-refractivity contribution in [3.8, 4) is 51.0 Å². The van der Waals surface area contributed by atoms with Gasteiger partial charge in [-0.05, 0) is 126 Å². The maximum Gasteiger partial charge on any atom is 0.164 e. The van der Waals surface area contributed by atoms with Crippen LogP contribution in [-0.2, 0) is 0 Å². The topological polar surface area (TPSA) is 56.7 Å². The van der Waals surface area contributed by atoms with E-state index in [4.69, 9.17) is 19.4 Å². The summed E-state index contributed by atoms with van der Waals surface area (Å²) in [6.07, 6.45) is 0. The first-order valence-corrected chi connectivity index (χ1v) is 23.7. The summed E-state index contributed by atoms with van der Waals surface area (Å²) in [4.78, 5) is 16.1. The number of rotatable bonds is 5. The van der Waals surface area contributed by atoms with Crippen LogP contribution in [0.1, 0.15) is 0 Å². The second-order valence-corrected chi connectivity index (χ2v) is 18.3. The molecule has 70 heavy (non-hydrogen) atoms. The summed E-state index contributed by atoms with van der Waals surface area (Å²) >= 11 is 0. The summed E-state index contributed by atoms with van der Waals surface area (Å²) in [6, 6.07) is 82.3. The van der Waals surface area contributed by atoms with E-state index in [1.165, 1.54) is 48.5 Å². The lowest BCUT2D eigenvalue weighted by molar-refractivity contribution is 0.669. The van der Waals surface area contributed by atoms with Gasteiger partial charge in [-0.3, -0.25) is 0 Å². The summed E-state index contributed by atoms with van der Waals surface area (Å²) in [5, 5.41) is 16.4. The van der Waals surface area contributed by atoms with Crippen molar-refractivity contribution in [2.75, 3.05) is 0 Å². The molecule has 5 heteroatoms. The molecule has 0 saturated heterocycles. The number of nitrogens with zero attached hydrogens (tertiary/aromatic N) is 4. The Hall–Kier alpha value is -9.45. The predicted molar refractivity (Wildman–Crippen MR) is 291 cm³/mol. The molecule has 3 heterocycles. The second kappa shape index (κ2) is 15.0. The zero-order valence-corrected chi connectivity index (χ0v) is 37.6. The SMILES string of the molecule is c1ccc(-c2nc(-c3ccc4c5ccccc5c5ccccc5c4c3)nc(-c3ccc(-n4c5ccccc5c5cc6ccccc6cc54)cc3-c3cccc4oc5cc6ccccc6cc5c34)n2)cc1. The first-order valence-electron chi connectivity index (χ1n) is 23.7. The fraction of sp³-hybridized carbons (Fsp3) is 0. The van der Waals surface area contributed by atoms with E-state index in [2.05, 4.69) is 217 Å². The van der Waals surface area contributed by atoms with E-state index >= 15 is 0 Å². The van der Waals surface area contributed by atoms with Gasteiger partial charge in [0.1, 0.15) is 11.2 Å². The molecule has 0 radical (unpaired) electrons. The highest BCUT2D eigenvalue weighted by Crippen LogP contribution is 2.44. The Bertz CT molecular complexity index is 4630. The summed E-state index contributed by atoms with van der Waals surface area (Å²) < 4.78 is 9.13. The van der Waals surface area contributed by atoms with Crippen molar-refractivity contribution in [3.05, 3.63) is 231 Å². The minimum absolute atomic E-state index is 0.581. The average molecular weight is 891 g/mol. The number of benzene rings is 12. The van der Waals surface area contributed by atoms with E-state index in [1.54, 1.807) is 0 Å². The van der Waals surface area contributed by atoms with E-state index in [9.17, 15) is 0 Å². The lowest BCUT2D eigenvalue weighted by Gasteiger charge is -2.16. The molecule has 324 valence electrons. The Morgan fingerprint density at radius 3 is 1.59 bits per heavy atom. The van der Waals surface area contributed by atoms with Gasteiger partial charge in [-0.15, -0.1) is 0 Å². The third-order valence-electron chi connectivity index (χ3n) is 14.4. The molecule has 15 rings (SSSR count). The Morgan fingerprint density at radius 1 is 0.286 bits per heavy atom. The number of furan rings is 1. The van der Waals surface area contributed by atoms with Gasteiger partial charge < -0.3 is 8.98 Å². The highest BCUT2D eigenvalue weighted by atomic mass is 16.3. The van der Waals surface area contributed by atoms with Crippen LogP contribution in [0.15, 0.2) is 235 Å². The van der Waals surface area contributed by atoms with Crippen LogP contribution in [0.3, 0.4) is 0 Å². The number of aromatic nitrogens is 4. The normalized spacial score (nSPS) is 12.0.